The molecule has 2 N–H and O–H groups in total. The summed E-state index contributed by atoms with van der Waals surface area (Å²) in [4.78, 5) is 2.36. The van der Waals surface area contributed by atoms with E-state index in [0.29, 0.717) is 17.2 Å². The van der Waals surface area contributed by atoms with Crippen molar-refractivity contribution in [2.45, 2.75) is 32.2 Å². The predicted octanol–water partition coefficient (Wildman–Crippen LogP) is 3.57. The monoisotopic (exact) mass is 355 g/mol. The van der Waals surface area contributed by atoms with Crippen molar-refractivity contribution in [1.82, 2.24) is 4.90 Å². The molecule has 5 heteroatoms. The summed E-state index contributed by atoms with van der Waals surface area (Å²) in [5.74, 6) is 1.15. The van der Waals surface area contributed by atoms with Crippen molar-refractivity contribution in [2.75, 3.05) is 27.8 Å². The van der Waals surface area contributed by atoms with Crippen LogP contribution in [0.25, 0.3) is 11.1 Å². The summed E-state index contributed by atoms with van der Waals surface area (Å²) in [6.45, 7) is 2.94. The Hall–Kier alpha value is -2.40. The summed E-state index contributed by atoms with van der Waals surface area (Å²) in [7, 11) is 5.23. The molecule has 0 fully saturated rings. The molecule has 4 rings (SSSR count). The fourth-order valence-corrected chi connectivity index (χ4v) is 4.60. The number of phenolic OH excluding ortho intramolecular Hbond substituents is 2. The lowest BCUT2D eigenvalue weighted by atomic mass is 9.84. The minimum absolute atomic E-state index is 0.0682. The van der Waals surface area contributed by atoms with E-state index in [1.165, 1.54) is 18.2 Å². The largest absolute Gasteiger partial charge is 0.507 e. The van der Waals surface area contributed by atoms with Gasteiger partial charge in [0, 0.05) is 23.7 Å². The highest BCUT2D eigenvalue weighted by Crippen LogP contribution is 2.55. The van der Waals surface area contributed by atoms with Crippen LogP contribution >= 0.6 is 0 Å². The first-order valence-corrected chi connectivity index (χ1v) is 9.00. The number of aryl methyl sites for hydroxylation is 2. The van der Waals surface area contributed by atoms with E-state index in [1.807, 2.05) is 6.92 Å². The second-order valence-electron chi connectivity index (χ2n) is 7.27. The lowest BCUT2D eigenvalue weighted by molar-refractivity contribution is 0.221. The summed E-state index contributed by atoms with van der Waals surface area (Å²) in [5.41, 5.74) is 6.00. The zero-order valence-corrected chi connectivity index (χ0v) is 15.7. The van der Waals surface area contributed by atoms with Gasteiger partial charge in [-0.25, -0.2) is 0 Å². The number of nitrogens with zero attached hydrogens (tertiary/aromatic N) is 1. The van der Waals surface area contributed by atoms with Gasteiger partial charge in [-0.2, -0.15) is 0 Å². The Kier molecular flexibility index (Phi) is 3.99. The molecule has 2 aliphatic rings. The van der Waals surface area contributed by atoms with Crippen molar-refractivity contribution >= 4 is 0 Å². The number of methoxy groups -OCH3 is 2. The Morgan fingerprint density at radius 3 is 2.42 bits per heavy atom. The third-order valence-electron chi connectivity index (χ3n) is 5.86. The first-order valence-electron chi connectivity index (χ1n) is 9.00. The van der Waals surface area contributed by atoms with Gasteiger partial charge in [0.15, 0.2) is 11.5 Å². The lowest BCUT2D eigenvalue weighted by Crippen LogP contribution is -2.32. The van der Waals surface area contributed by atoms with Crippen molar-refractivity contribution in [3.63, 3.8) is 0 Å². The van der Waals surface area contributed by atoms with E-state index in [1.54, 1.807) is 13.2 Å². The number of ether oxygens (including phenoxy) is 2. The third-order valence-corrected chi connectivity index (χ3v) is 5.86. The summed E-state index contributed by atoms with van der Waals surface area (Å²) < 4.78 is 11.1. The van der Waals surface area contributed by atoms with Crippen LogP contribution in [0.4, 0.5) is 0 Å². The molecule has 0 radical (unpaired) electrons. The highest BCUT2D eigenvalue weighted by atomic mass is 16.5. The summed E-state index contributed by atoms with van der Waals surface area (Å²) in [6.07, 6.45) is 2.69. The first-order chi connectivity index (χ1) is 12.5. The minimum atomic E-state index is 0.0682. The first kappa shape index (κ1) is 17.0. The Bertz CT molecular complexity index is 891. The number of hydrogen-bond acceptors (Lipinski definition) is 5. The number of hydrogen-bond donors (Lipinski definition) is 2. The van der Waals surface area contributed by atoms with Crippen LogP contribution in [-0.2, 0) is 12.8 Å². The lowest BCUT2D eigenvalue weighted by Gasteiger charge is -2.36. The SMILES string of the molecule is COc1c(O)cc2c(c1OC)-c1c(O)c(C)cc3c1[C@H](CC2)N(C)CC3. The zero-order valence-electron chi connectivity index (χ0n) is 15.7. The maximum atomic E-state index is 11.0. The van der Waals surface area contributed by atoms with Crippen molar-refractivity contribution in [2.24, 2.45) is 0 Å². The molecule has 0 unspecified atom stereocenters. The van der Waals surface area contributed by atoms with Crippen molar-refractivity contribution in [1.29, 1.82) is 0 Å². The van der Waals surface area contributed by atoms with E-state index >= 15 is 0 Å². The van der Waals surface area contributed by atoms with E-state index in [4.69, 9.17) is 9.47 Å². The van der Waals surface area contributed by atoms with Crippen LogP contribution in [-0.4, -0.2) is 42.9 Å². The van der Waals surface area contributed by atoms with Crippen LogP contribution in [0, 0.1) is 6.92 Å². The van der Waals surface area contributed by atoms with Gasteiger partial charge in [0.25, 0.3) is 0 Å². The van der Waals surface area contributed by atoms with Gasteiger partial charge in [0.05, 0.1) is 14.2 Å². The van der Waals surface area contributed by atoms with Gasteiger partial charge >= 0.3 is 0 Å². The van der Waals surface area contributed by atoms with Crippen molar-refractivity contribution in [3.05, 3.63) is 34.4 Å². The maximum absolute atomic E-state index is 11.0. The molecular weight excluding hydrogens is 330 g/mol. The maximum Gasteiger partial charge on any atom is 0.203 e. The summed E-state index contributed by atoms with van der Waals surface area (Å²) in [5, 5.41) is 21.4. The van der Waals surface area contributed by atoms with Crippen molar-refractivity contribution < 1.29 is 19.7 Å². The normalized spacial score (nSPS) is 18.7. The number of rotatable bonds is 2. The third kappa shape index (κ3) is 2.27. The van der Waals surface area contributed by atoms with Crippen LogP contribution in [0.1, 0.15) is 34.7 Å². The molecule has 2 aromatic rings. The predicted molar refractivity (Wildman–Crippen MR) is 100 cm³/mol. The topological polar surface area (TPSA) is 62.2 Å². The minimum Gasteiger partial charge on any atom is -0.507 e. The Morgan fingerprint density at radius 1 is 1.00 bits per heavy atom. The Labute approximate surface area is 153 Å². The fraction of sp³-hybridized carbons (Fsp3) is 0.429. The van der Waals surface area contributed by atoms with Gasteiger partial charge in [-0.15, -0.1) is 0 Å². The highest BCUT2D eigenvalue weighted by Gasteiger charge is 2.36. The van der Waals surface area contributed by atoms with Gasteiger partial charge in [-0.3, -0.25) is 4.90 Å². The van der Waals surface area contributed by atoms with Gasteiger partial charge in [0.2, 0.25) is 5.75 Å². The molecule has 0 spiro atoms. The van der Waals surface area contributed by atoms with Crippen LogP contribution in [0.15, 0.2) is 12.1 Å². The van der Waals surface area contributed by atoms with Crippen LogP contribution < -0.4 is 9.47 Å². The van der Waals surface area contributed by atoms with E-state index in [9.17, 15) is 10.2 Å². The molecule has 1 atom stereocenters. The van der Waals surface area contributed by atoms with Gasteiger partial charge in [0.1, 0.15) is 5.75 Å². The number of aromatic hydroxyl groups is 2. The summed E-state index contributed by atoms with van der Waals surface area (Å²) >= 11 is 0. The molecular formula is C21H25NO4. The molecule has 5 nitrogen and oxygen atoms in total. The number of likely N-dealkylation sites (N-methyl/N-ethyl adjacent to an activating group) is 1. The molecule has 0 saturated heterocycles. The molecule has 1 aliphatic heterocycles. The highest BCUT2D eigenvalue weighted by molar-refractivity contribution is 5.87. The molecule has 0 amide bonds. The standard InChI is InChI=1S/C21H25NO4/c1-11-9-13-7-8-22(2)14-6-5-12-10-15(23)20(25-3)21(26-4)17(12)18(16(13)14)19(11)24/h9-10,14,23-24H,5-8H2,1-4H3/t14-/m0/s1. The average molecular weight is 355 g/mol. The second kappa shape index (κ2) is 6.09. The van der Waals surface area contributed by atoms with Gasteiger partial charge in [-0.1, -0.05) is 6.07 Å². The smallest absolute Gasteiger partial charge is 0.203 e. The van der Waals surface area contributed by atoms with Crippen LogP contribution in [0.5, 0.6) is 23.0 Å². The van der Waals surface area contributed by atoms with Crippen LogP contribution in [0.3, 0.4) is 0 Å². The molecule has 138 valence electrons. The van der Waals surface area contributed by atoms with Crippen molar-refractivity contribution in [3.8, 4) is 34.1 Å². The molecule has 0 saturated carbocycles. The molecule has 0 aromatic heterocycles. The molecule has 26 heavy (non-hydrogen) atoms. The van der Waals surface area contributed by atoms with Gasteiger partial charge < -0.3 is 19.7 Å². The molecule has 0 bridgehead atoms. The molecule has 1 aliphatic carbocycles. The number of benzene rings is 2. The number of fused-ring (bicyclic) bond motifs is 2. The Morgan fingerprint density at radius 2 is 1.73 bits per heavy atom. The van der Waals surface area contributed by atoms with E-state index < -0.39 is 0 Å². The molecule has 2 aromatic carbocycles. The average Bonchev–Trinajstić information content (AvgIpc) is 2.79. The molecule has 1 heterocycles. The number of phenols is 2. The van der Waals surface area contributed by atoms with E-state index in [0.717, 1.165) is 48.1 Å². The van der Waals surface area contributed by atoms with Gasteiger partial charge in [-0.05, 0) is 61.6 Å². The fourth-order valence-electron chi connectivity index (χ4n) is 4.60. The second-order valence-corrected chi connectivity index (χ2v) is 7.27. The Balaban J connectivity index is 2.14. The van der Waals surface area contributed by atoms with E-state index in [2.05, 4.69) is 18.0 Å². The summed E-state index contributed by atoms with van der Waals surface area (Å²) in [6, 6.07) is 4.11. The van der Waals surface area contributed by atoms with E-state index in [-0.39, 0.29) is 11.8 Å². The van der Waals surface area contributed by atoms with Crippen LogP contribution in [0.2, 0.25) is 0 Å². The quantitative estimate of drug-likeness (QED) is 0.862. The zero-order chi connectivity index (χ0) is 18.6.